The lowest BCUT2D eigenvalue weighted by Gasteiger charge is -2.16. The summed E-state index contributed by atoms with van der Waals surface area (Å²) in [5.74, 6) is -0.0778. The molecule has 3 aromatic carbocycles. The Morgan fingerprint density at radius 3 is 2.37 bits per heavy atom. The van der Waals surface area contributed by atoms with Crippen molar-refractivity contribution in [2.45, 2.75) is 12.6 Å². The van der Waals surface area contributed by atoms with E-state index in [0.29, 0.717) is 40.2 Å². The first-order valence-electron chi connectivity index (χ1n) is 10.8. The van der Waals surface area contributed by atoms with Gasteiger partial charge < -0.3 is 15.5 Å². The molecule has 1 heterocycles. The molecule has 0 unspecified atom stereocenters. The van der Waals surface area contributed by atoms with Gasteiger partial charge in [0.25, 0.3) is 11.8 Å². The SMILES string of the molecule is CNC(=O)c1cccc(NC2=Nc3cc(C(F)(F)F)c(-c4cccc(C(=O)N(C)C)c4)cc3C2)c1. The zero-order valence-electron chi connectivity index (χ0n) is 19.3. The minimum Gasteiger partial charge on any atom is -0.355 e. The minimum atomic E-state index is -4.61. The highest BCUT2D eigenvalue weighted by molar-refractivity contribution is 6.03. The van der Waals surface area contributed by atoms with Crippen molar-refractivity contribution in [2.24, 2.45) is 4.99 Å². The van der Waals surface area contributed by atoms with E-state index in [1.54, 1.807) is 56.6 Å². The van der Waals surface area contributed by atoms with Gasteiger partial charge in [-0.3, -0.25) is 9.59 Å². The van der Waals surface area contributed by atoms with Gasteiger partial charge in [0.1, 0.15) is 5.84 Å². The highest BCUT2D eigenvalue weighted by Crippen LogP contribution is 2.42. The third kappa shape index (κ3) is 5.03. The van der Waals surface area contributed by atoms with E-state index in [9.17, 15) is 22.8 Å². The van der Waals surface area contributed by atoms with E-state index >= 15 is 0 Å². The van der Waals surface area contributed by atoms with Crippen LogP contribution in [-0.4, -0.2) is 43.7 Å². The van der Waals surface area contributed by atoms with Crippen molar-refractivity contribution < 1.29 is 22.8 Å². The van der Waals surface area contributed by atoms with Crippen molar-refractivity contribution in [3.05, 3.63) is 82.9 Å². The molecule has 3 aromatic rings. The summed E-state index contributed by atoms with van der Waals surface area (Å²) in [6, 6.07) is 15.5. The van der Waals surface area contributed by atoms with Crippen molar-refractivity contribution >= 4 is 29.0 Å². The molecule has 9 heteroatoms. The van der Waals surface area contributed by atoms with Gasteiger partial charge in [-0.2, -0.15) is 13.2 Å². The molecule has 0 fully saturated rings. The number of rotatable bonds is 4. The van der Waals surface area contributed by atoms with Crippen LogP contribution in [0.3, 0.4) is 0 Å². The second-order valence-corrected chi connectivity index (χ2v) is 8.32. The van der Waals surface area contributed by atoms with Gasteiger partial charge in [0, 0.05) is 44.4 Å². The third-order valence-electron chi connectivity index (χ3n) is 5.60. The van der Waals surface area contributed by atoms with Gasteiger partial charge in [-0.1, -0.05) is 18.2 Å². The Hall–Kier alpha value is -4.14. The molecule has 0 bridgehead atoms. The van der Waals surface area contributed by atoms with Crippen LogP contribution in [0.2, 0.25) is 0 Å². The van der Waals surface area contributed by atoms with Crippen molar-refractivity contribution in [3.63, 3.8) is 0 Å². The number of anilines is 1. The summed E-state index contributed by atoms with van der Waals surface area (Å²) in [4.78, 5) is 30.0. The monoisotopic (exact) mass is 480 g/mol. The largest absolute Gasteiger partial charge is 0.417 e. The average molecular weight is 480 g/mol. The number of amidine groups is 1. The molecule has 1 aliphatic rings. The molecule has 2 amide bonds. The van der Waals surface area contributed by atoms with E-state index in [1.165, 1.54) is 24.1 Å². The van der Waals surface area contributed by atoms with E-state index in [1.807, 2.05) is 0 Å². The van der Waals surface area contributed by atoms with Crippen molar-refractivity contribution in [2.75, 3.05) is 26.5 Å². The molecule has 0 atom stereocenters. The van der Waals surface area contributed by atoms with Gasteiger partial charge in [-0.25, -0.2) is 4.99 Å². The molecule has 6 nitrogen and oxygen atoms in total. The van der Waals surface area contributed by atoms with E-state index in [-0.39, 0.29) is 23.1 Å². The number of aliphatic imine (C=N–C) groups is 1. The van der Waals surface area contributed by atoms with Crippen molar-refractivity contribution in [3.8, 4) is 11.1 Å². The molecular weight excluding hydrogens is 457 g/mol. The van der Waals surface area contributed by atoms with Crippen LogP contribution in [0.1, 0.15) is 31.8 Å². The third-order valence-corrected chi connectivity index (χ3v) is 5.60. The number of hydrogen-bond donors (Lipinski definition) is 2. The Labute approximate surface area is 200 Å². The number of amides is 2. The fourth-order valence-corrected chi connectivity index (χ4v) is 3.92. The maximum Gasteiger partial charge on any atom is 0.417 e. The molecule has 1 aliphatic heterocycles. The molecule has 4 rings (SSSR count). The number of nitrogens with one attached hydrogen (secondary N) is 2. The number of carbonyl (C=O) groups is 2. The molecule has 35 heavy (non-hydrogen) atoms. The summed E-state index contributed by atoms with van der Waals surface area (Å²) in [5, 5.41) is 5.65. The number of benzene rings is 3. The first kappa shape index (κ1) is 24.0. The van der Waals surface area contributed by atoms with Crippen LogP contribution in [0.5, 0.6) is 0 Å². The van der Waals surface area contributed by atoms with E-state index in [4.69, 9.17) is 0 Å². The highest BCUT2D eigenvalue weighted by Gasteiger charge is 2.35. The normalized spacial score (nSPS) is 12.6. The van der Waals surface area contributed by atoms with Gasteiger partial charge in [0.05, 0.1) is 11.3 Å². The average Bonchev–Trinajstić information content (AvgIpc) is 3.23. The predicted molar refractivity (Wildman–Crippen MR) is 129 cm³/mol. The summed E-state index contributed by atoms with van der Waals surface area (Å²) in [6.45, 7) is 0. The van der Waals surface area contributed by atoms with Crippen LogP contribution >= 0.6 is 0 Å². The lowest BCUT2D eigenvalue weighted by atomic mass is 9.94. The first-order valence-corrected chi connectivity index (χ1v) is 10.8. The Kier molecular flexibility index (Phi) is 6.34. The zero-order valence-corrected chi connectivity index (χ0v) is 19.3. The van der Waals surface area contributed by atoms with Crippen molar-refractivity contribution in [1.82, 2.24) is 10.2 Å². The smallest absolute Gasteiger partial charge is 0.355 e. The number of fused-ring (bicyclic) bond motifs is 1. The van der Waals surface area contributed by atoms with Crippen LogP contribution in [0.25, 0.3) is 11.1 Å². The van der Waals surface area contributed by atoms with Gasteiger partial charge in [0.2, 0.25) is 0 Å². The highest BCUT2D eigenvalue weighted by atomic mass is 19.4. The number of hydrogen-bond acceptors (Lipinski definition) is 4. The Morgan fingerprint density at radius 2 is 1.69 bits per heavy atom. The maximum atomic E-state index is 14.0. The molecule has 0 radical (unpaired) electrons. The molecule has 2 N–H and O–H groups in total. The molecule has 0 aliphatic carbocycles. The Bertz CT molecular complexity index is 1350. The number of nitrogens with zero attached hydrogens (tertiary/aromatic N) is 2. The minimum absolute atomic E-state index is 0.0114. The first-order chi connectivity index (χ1) is 16.6. The van der Waals surface area contributed by atoms with Crippen molar-refractivity contribution in [1.29, 1.82) is 0 Å². The summed E-state index contributed by atoms with van der Waals surface area (Å²) in [7, 11) is 4.70. The van der Waals surface area contributed by atoms with Gasteiger partial charge >= 0.3 is 6.18 Å². The van der Waals surface area contributed by atoms with Crippen LogP contribution < -0.4 is 10.6 Å². The van der Waals surface area contributed by atoms with Crippen LogP contribution in [0.4, 0.5) is 24.5 Å². The van der Waals surface area contributed by atoms with Crippen LogP contribution in [-0.2, 0) is 12.6 Å². The second kappa shape index (κ2) is 9.25. The molecular formula is C26H23F3N4O2. The lowest BCUT2D eigenvalue weighted by molar-refractivity contribution is -0.137. The zero-order chi connectivity index (χ0) is 25.3. The number of alkyl halides is 3. The van der Waals surface area contributed by atoms with E-state index < -0.39 is 11.7 Å². The van der Waals surface area contributed by atoms with Crippen LogP contribution in [0.15, 0.2) is 65.7 Å². The summed E-state index contributed by atoms with van der Waals surface area (Å²) < 4.78 is 42.0. The molecule has 0 saturated heterocycles. The summed E-state index contributed by atoms with van der Waals surface area (Å²) >= 11 is 0. The summed E-state index contributed by atoms with van der Waals surface area (Å²) in [5.41, 5.74) is 1.67. The molecule has 0 spiro atoms. The molecule has 180 valence electrons. The Balaban J connectivity index is 1.69. The van der Waals surface area contributed by atoms with Gasteiger partial charge in [-0.05, 0) is 59.2 Å². The van der Waals surface area contributed by atoms with E-state index in [2.05, 4.69) is 15.6 Å². The summed E-state index contributed by atoms with van der Waals surface area (Å²) in [6.07, 6.45) is -4.32. The molecule has 0 aromatic heterocycles. The standard InChI is InChI=1S/C26H23F3N4O2/c1-30-24(34)16-7-5-9-19(11-16)31-23-13-18-12-20(21(26(27,28)29)14-22(18)32-23)15-6-4-8-17(10-15)25(35)33(2)3/h4-12,14H,13H2,1-3H3,(H,30,34)(H,31,32). The Morgan fingerprint density at radius 1 is 0.971 bits per heavy atom. The topological polar surface area (TPSA) is 73.8 Å². The predicted octanol–water partition coefficient (Wildman–Crippen LogP) is 5.13. The fourth-order valence-electron chi connectivity index (χ4n) is 3.92. The second-order valence-electron chi connectivity index (χ2n) is 8.32. The number of halogens is 3. The van der Waals surface area contributed by atoms with Gasteiger partial charge in [0.15, 0.2) is 0 Å². The van der Waals surface area contributed by atoms with Crippen LogP contribution in [0, 0.1) is 0 Å². The fraction of sp³-hybridized carbons (Fsp3) is 0.192. The van der Waals surface area contributed by atoms with Gasteiger partial charge in [-0.15, -0.1) is 0 Å². The lowest BCUT2D eigenvalue weighted by Crippen LogP contribution is -2.21. The van der Waals surface area contributed by atoms with E-state index in [0.717, 1.165) is 6.07 Å². The maximum absolute atomic E-state index is 14.0. The number of carbonyl (C=O) groups excluding carboxylic acids is 2. The molecule has 0 saturated carbocycles. The quantitative estimate of drug-likeness (QED) is 0.544.